The molecule has 2 aromatic heterocycles. The van der Waals surface area contributed by atoms with Gasteiger partial charge in [0.25, 0.3) is 0 Å². The molecule has 7 heteroatoms. The Hall–Kier alpha value is -2.25. The highest BCUT2D eigenvalue weighted by molar-refractivity contribution is 5.62. The lowest BCUT2D eigenvalue weighted by Gasteiger charge is -2.35. The Balaban J connectivity index is 1.21. The fourth-order valence-electron chi connectivity index (χ4n) is 5.96. The first-order chi connectivity index (χ1) is 14.2. The van der Waals surface area contributed by atoms with Gasteiger partial charge >= 0.3 is 0 Å². The topological polar surface area (TPSA) is 80.4 Å². The molecular weight excluding hydrogens is 364 g/mol. The third kappa shape index (κ3) is 2.53. The molecule has 4 aliphatic heterocycles. The number of pyridine rings is 1. The number of ether oxygens (including phenoxy) is 1. The zero-order valence-corrected chi connectivity index (χ0v) is 16.4. The molecule has 2 saturated carbocycles. The van der Waals surface area contributed by atoms with Gasteiger partial charge in [-0.05, 0) is 48.8 Å². The fraction of sp³-hybridized carbons (Fsp3) is 0.591. The second-order valence-electron chi connectivity index (χ2n) is 9.59. The number of hydrogen-bond donors (Lipinski definition) is 1. The van der Waals surface area contributed by atoms with Crippen LogP contribution in [0.1, 0.15) is 24.5 Å². The van der Waals surface area contributed by atoms with Crippen LogP contribution in [-0.2, 0) is 4.74 Å². The summed E-state index contributed by atoms with van der Waals surface area (Å²) in [6, 6.07) is 7.37. The van der Waals surface area contributed by atoms with Gasteiger partial charge in [-0.2, -0.15) is 0 Å². The number of nitrogen functional groups attached to an aromatic ring is 1. The van der Waals surface area contributed by atoms with E-state index in [2.05, 4.69) is 20.9 Å². The number of hydrogen-bond acceptors (Lipinski definition) is 7. The second kappa shape index (κ2) is 5.89. The molecule has 7 nitrogen and oxygen atoms in total. The van der Waals surface area contributed by atoms with E-state index in [-0.39, 0.29) is 0 Å². The summed E-state index contributed by atoms with van der Waals surface area (Å²) in [5.74, 6) is 4.36. The molecule has 6 heterocycles. The molecule has 6 aliphatic rings. The van der Waals surface area contributed by atoms with Gasteiger partial charge < -0.3 is 15.4 Å². The third-order valence-electron chi connectivity index (χ3n) is 7.88. The molecule has 0 amide bonds. The highest BCUT2D eigenvalue weighted by Gasteiger charge is 2.58. The molecule has 150 valence electrons. The molecule has 0 spiro atoms. The smallest absolute Gasteiger partial charge is 0.226 e. The Labute approximate surface area is 170 Å². The van der Waals surface area contributed by atoms with E-state index in [4.69, 9.17) is 20.4 Å². The van der Waals surface area contributed by atoms with Crippen LogP contribution in [0.2, 0.25) is 0 Å². The summed E-state index contributed by atoms with van der Waals surface area (Å²) < 4.78 is 5.39. The number of piperidine rings is 1. The van der Waals surface area contributed by atoms with Gasteiger partial charge in [0.05, 0.1) is 30.6 Å². The first kappa shape index (κ1) is 16.5. The van der Waals surface area contributed by atoms with Crippen molar-refractivity contribution in [3.05, 3.63) is 30.1 Å². The first-order valence-electron chi connectivity index (χ1n) is 10.9. The highest BCUT2D eigenvalue weighted by Crippen LogP contribution is 2.58. The molecule has 8 rings (SSSR count). The molecular formula is C22H26N6O. The number of fused-ring (bicyclic) bond motifs is 2. The number of rotatable bonds is 4. The minimum absolute atomic E-state index is 0.542. The molecule has 29 heavy (non-hydrogen) atoms. The average molecular weight is 390 g/mol. The van der Waals surface area contributed by atoms with E-state index in [0.717, 1.165) is 54.7 Å². The van der Waals surface area contributed by atoms with E-state index in [1.807, 2.05) is 18.3 Å². The van der Waals surface area contributed by atoms with Crippen molar-refractivity contribution in [2.24, 2.45) is 17.8 Å². The Bertz CT molecular complexity index is 942. The van der Waals surface area contributed by atoms with Crippen molar-refractivity contribution in [3.63, 3.8) is 0 Å². The van der Waals surface area contributed by atoms with Crippen LogP contribution in [0, 0.1) is 17.8 Å². The summed E-state index contributed by atoms with van der Waals surface area (Å²) in [5.41, 5.74) is 9.03. The maximum absolute atomic E-state index is 5.80. The van der Waals surface area contributed by atoms with Crippen molar-refractivity contribution >= 4 is 11.8 Å². The van der Waals surface area contributed by atoms with Crippen LogP contribution in [0.4, 0.5) is 11.8 Å². The molecule has 2 N–H and O–H groups in total. The van der Waals surface area contributed by atoms with Gasteiger partial charge in [0.2, 0.25) is 5.95 Å². The number of nitrogens with zero attached hydrogens (tertiary/aromatic N) is 5. The normalized spacial score (nSPS) is 35.3. The molecule has 4 saturated heterocycles. The predicted molar refractivity (Wildman–Crippen MR) is 109 cm³/mol. The zero-order chi connectivity index (χ0) is 19.1. The van der Waals surface area contributed by atoms with E-state index in [1.54, 1.807) is 0 Å². The minimum atomic E-state index is 0.542. The lowest BCUT2D eigenvalue weighted by atomic mass is 9.86. The molecule has 0 aromatic carbocycles. The van der Waals surface area contributed by atoms with Gasteiger partial charge in [-0.25, -0.2) is 15.0 Å². The zero-order valence-electron chi connectivity index (χ0n) is 16.4. The Morgan fingerprint density at radius 1 is 1.00 bits per heavy atom. The Morgan fingerprint density at radius 2 is 1.83 bits per heavy atom. The second-order valence-corrected chi connectivity index (χ2v) is 9.59. The van der Waals surface area contributed by atoms with Crippen molar-refractivity contribution in [3.8, 4) is 11.3 Å². The average Bonchev–Trinajstić information content (AvgIpc) is 3.06. The Morgan fingerprint density at radius 3 is 2.45 bits per heavy atom. The lowest BCUT2D eigenvalue weighted by Crippen LogP contribution is -2.48. The molecule has 0 radical (unpaired) electrons. The number of likely N-dealkylation sites (tertiary alicyclic amines) is 1. The summed E-state index contributed by atoms with van der Waals surface area (Å²) in [6.45, 7) is 5.31. The summed E-state index contributed by atoms with van der Waals surface area (Å²) >= 11 is 0. The summed E-state index contributed by atoms with van der Waals surface area (Å²) in [7, 11) is 0. The summed E-state index contributed by atoms with van der Waals surface area (Å²) in [5, 5.41) is 0. The van der Waals surface area contributed by atoms with Crippen molar-refractivity contribution in [1.82, 2.24) is 19.9 Å². The summed E-state index contributed by atoms with van der Waals surface area (Å²) in [6.07, 6.45) is 4.44. The van der Waals surface area contributed by atoms with Crippen LogP contribution < -0.4 is 10.6 Å². The van der Waals surface area contributed by atoms with Crippen LogP contribution in [0.25, 0.3) is 11.3 Å². The van der Waals surface area contributed by atoms with E-state index in [0.29, 0.717) is 23.8 Å². The molecule has 2 aromatic rings. The van der Waals surface area contributed by atoms with Gasteiger partial charge in [0.1, 0.15) is 5.82 Å². The highest BCUT2D eigenvalue weighted by atomic mass is 16.5. The quantitative estimate of drug-likeness (QED) is 0.852. The number of anilines is 2. The van der Waals surface area contributed by atoms with E-state index in [1.165, 1.54) is 31.6 Å². The van der Waals surface area contributed by atoms with Crippen LogP contribution in [0.3, 0.4) is 0 Å². The molecule has 2 aliphatic carbocycles. The minimum Gasteiger partial charge on any atom is -0.384 e. The standard InChI is InChI=1S/C22H26N6O/c23-20-2-1-13(6-24-20)18-5-19(26-22(25-18)28-7-12-3-14(28)4-12)21-16-8-27(9-17(16)21)15-10-29-11-15/h1-2,5-6,12,14-17,21H,3-4,7-11H2,(H2,23,24)/t12?,14?,16-,17+,21+. The fourth-order valence-corrected chi connectivity index (χ4v) is 5.96. The van der Waals surface area contributed by atoms with Crippen LogP contribution >= 0.6 is 0 Å². The van der Waals surface area contributed by atoms with Crippen molar-refractivity contribution in [1.29, 1.82) is 0 Å². The van der Waals surface area contributed by atoms with Crippen molar-refractivity contribution < 1.29 is 4.74 Å². The van der Waals surface area contributed by atoms with Crippen molar-refractivity contribution in [2.75, 3.05) is 43.5 Å². The molecule has 0 unspecified atom stereocenters. The van der Waals surface area contributed by atoms with E-state index >= 15 is 0 Å². The van der Waals surface area contributed by atoms with Crippen LogP contribution in [0.5, 0.6) is 0 Å². The van der Waals surface area contributed by atoms with Gasteiger partial charge in [-0.3, -0.25) is 4.90 Å². The van der Waals surface area contributed by atoms with Gasteiger partial charge in [-0.15, -0.1) is 0 Å². The molecule has 2 bridgehead atoms. The number of aromatic nitrogens is 3. The molecule has 6 fully saturated rings. The first-order valence-corrected chi connectivity index (χ1v) is 10.9. The predicted octanol–water partition coefficient (Wildman–Crippen LogP) is 1.76. The number of nitrogens with two attached hydrogens (primary N) is 1. The lowest BCUT2D eigenvalue weighted by molar-refractivity contribution is -0.0610. The maximum Gasteiger partial charge on any atom is 0.226 e. The van der Waals surface area contributed by atoms with Crippen molar-refractivity contribution in [2.45, 2.75) is 30.8 Å². The summed E-state index contributed by atoms with van der Waals surface area (Å²) in [4.78, 5) is 19.4. The van der Waals surface area contributed by atoms with E-state index < -0.39 is 0 Å². The van der Waals surface area contributed by atoms with Crippen LogP contribution in [-0.4, -0.2) is 64.8 Å². The maximum atomic E-state index is 5.80. The largest absolute Gasteiger partial charge is 0.384 e. The van der Waals surface area contributed by atoms with Crippen LogP contribution in [0.15, 0.2) is 24.4 Å². The monoisotopic (exact) mass is 390 g/mol. The van der Waals surface area contributed by atoms with E-state index in [9.17, 15) is 0 Å². The van der Waals surface area contributed by atoms with Gasteiger partial charge in [-0.1, -0.05) is 0 Å². The third-order valence-corrected chi connectivity index (χ3v) is 7.88. The Kier molecular flexibility index (Phi) is 3.36. The SMILES string of the molecule is Nc1ccc(-c2cc([C@H]3[C@@H]4CN(C5COC5)C[C@@H]43)nc(N3CC4CC3C4)n2)cn1. The van der Waals surface area contributed by atoms with Gasteiger partial charge in [0.15, 0.2) is 0 Å². The molecule has 3 atom stereocenters. The van der Waals surface area contributed by atoms with Gasteiger partial charge in [0, 0.05) is 43.4 Å².